The van der Waals surface area contributed by atoms with E-state index in [4.69, 9.17) is 21.6 Å². The van der Waals surface area contributed by atoms with Crippen LogP contribution in [0.2, 0.25) is 0 Å². The second-order valence-electron chi connectivity index (χ2n) is 8.15. The lowest BCUT2D eigenvalue weighted by atomic mass is 9.95. The predicted molar refractivity (Wildman–Crippen MR) is 146 cm³/mol. The number of pyridine rings is 1. The molecule has 1 amide bonds. The molecule has 1 aromatic carbocycles. The Morgan fingerprint density at radius 3 is 2.50 bits per heavy atom. The number of rotatable bonds is 10. The Morgan fingerprint density at radius 1 is 1.14 bits per heavy atom. The lowest BCUT2D eigenvalue weighted by Crippen LogP contribution is -2.17. The van der Waals surface area contributed by atoms with Crippen LogP contribution in [0, 0.1) is 0 Å². The van der Waals surface area contributed by atoms with Crippen molar-refractivity contribution in [2.75, 3.05) is 25.4 Å². The number of hydrogen-bond donors (Lipinski definition) is 4. The fourth-order valence-corrected chi connectivity index (χ4v) is 4.48. The van der Waals surface area contributed by atoms with Gasteiger partial charge in [0.15, 0.2) is 5.65 Å². The van der Waals surface area contributed by atoms with Gasteiger partial charge in [-0.2, -0.15) is 9.61 Å². The number of nitrogens with one attached hydrogen (secondary N) is 1. The average molecular weight is 554 g/mol. The van der Waals surface area contributed by atoms with Crippen LogP contribution in [-0.4, -0.2) is 50.8 Å². The van der Waals surface area contributed by atoms with E-state index in [2.05, 4.69) is 38.3 Å². The number of halogens is 1. The molecule has 0 aliphatic carbocycles. The molecule has 190 valence electrons. The van der Waals surface area contributed by atoms with E-state index in [9.17, 15) is 4.79 Å². The standard InChI is InChI=1S/C24H25BrN6O.C2H7NO/c1-2-6-17(11-12-27-15-32)22-21(25)23(26)31-24(30-22)19(14-29-31)18-9-10-20(28-13-18)16-7-4-3-5-8-16;3-1-2-4/h3-5,7-10,13-15,17H,2,6,11-12,26H2,1H3,(H,27,32);4H,1-3H2. The topological polar surface area (TPSA) is 144 Å². The predicted octanol–water partition coefficient (Wildman–Crippen LogP) is 3.76. The highest BCUT2D eigenvalue weighted by Crippen LogP contribution is 2.36. The number of hydrogen-bond acceptors (Lipinski definition) is 7. The molecule has 0 aliphatic rings. The van der Waals surface area contributed by atoms with Gasteiger partial charge in [-0.15, -0.1) is 0 Å². The number of anilines is 1. The number of nitrogens with two attached hydrogens (primary N) is 2. The van der Waals surface area contributed by atoms with Gasteiger partial charge in [-0.1, -0.05) is 49.7 Å². The Balaban J connectivity index is 0.000000840. The number of fused-ring (bicyclic) bond motifs is 1. The summed E-state index contributed by atoms with van der Waals surface area (Å²) in [4.78, 5) is 20.3. The van der Waals surface area contributed by atoms with E-state index in [1.54, 1.807) is 10.7 Å². The molecule has 1 unspecified atom stereocenters. The first-order chi connectivity index (χ1) is 17.5. The first-order valence-electron chi connectivity index (χ1n) is 11.9. The molecule has 4 rings (SSSR count). The number of amides is 1. The van der Waals surface area contributed by atoms with Gasteiger partial charge < -0.3 is 21.9 Å². The molecule has 3 aromatic heterocycles. The molecule has 0 fully saturated rings. The summed E-state index contributed by atoms with van der Waals surface area (Å²) in [5.41, 5.74) is 16.6. The van der Waals surface area contributed by atoms with Crippen LogP contribution in [0.3, 0.4) is 0 Å². The molecule has 0 radical (unpaired) electrons. The van der Waals surface area contributed by atoms with Crippen molar-refractivity contribution in [1.29, 1.82) is 0 Å². The maximum Gasteiger partial charge on any atom is 0.207 e. The summed E-state index contributed by atoms with van der Waals surface area (Å²) in [6.07, 6.45) is 7.07. The molecule has 36 heavy (non-hydrogen) atoms. The number of benzene rings is 1. The molecular weight excluding hydrogens is 522 g/mol. The number of aliphatic hydroxyl groups is 1. The van der Waals surface area contributed by atoms with Crippen molar-refractivity contribution in [3.8, 4) is 22.4 Å². The molecule has 6 N–H and O–H groups in total. The monoisotopic (exact) mass is 553 g/mol. The molecule has 9 nitrogen and oxygen atoms in total. The smallest absolute Gasteiger partial charge is 0.207 e. The van der Waals surface area contributed by atoms with Crippen molar-refractivity contribution in [2.45, 2.75) is 32.1 Å². The first-order valence-corrected chi connectivity index (χ1v) is 12.7. The zero-order valence-electron chi connectivity index (χ0n) is 20.3. The maximum atomic E-state index is 10.7. The maximum absolute atomic E-state index is 10.7. The van der Waals surface area contributed by atoms with E-state index < -0.39 is 0 Å². The van der Waals surface area contributed by atoms with Gasteiger partial charge >= 0.3 is 0 Å². The summed E-state index contributed by atoms with van der Waals surface area (Å²) < 4.78 is 2.41. The van der Waals surface area contributed by atoms with Gasteiger partial charge in [-0.3, -0.25) is 9.78 Å². The summed E-state index contributed by atoms with van der Waals surface area (Å²) in [5, 5.41) is 15.0. The quantitative estimate of drug-likeness (QED) is 0.173. The van der Waals surface area contributed by atoms with Gasteiger partial charge in [0.05, 0.1) is 28.7 Å². The third-order valence-corrected chi connectivity index (χ3v) is 6.48. The van der Waals surface area contributed by atoms with Crippen molar-refractivity contribution in [2.24, 2.45) is 5.73 Å². The van der Waals surface area contributed by atoms with Gasteiger partial charge in [-0.05, 0) is 34.8 Å². The zero-order valence-corrected chi connectivity index (χ0v) is 21.9. The minimum atomic E-state index is 0.0972. The molecule has 0 saturated carbocycles. The molecule has 3 heterocycles. The lowest BCUT2D eigenvalue weighted by Gasteiger charge is -2.18. The van der Waals surface area contributed by atoms with Crippen LogP contribution >= 0.6 is 15.9 Å². The third kappa shape index (κ3) is 6.45. The van der Waals surface area contributed by atoms with Gasteiger partial charge in [0.2, 0.25) is 6.41 Å². The van der Waals surface area contributed by atoms with Crippen molar-refractivity contribution in [1.82, 2.24) is 24.9 Å². The SMILES string of the molecule is CCCC(CCNC=O)c1nc2c(-c3ccc(-c4ccccc4)nc3)cnn2c(N)c1Br.NCCO. The lowest BCUT2D eigenvalue weighted by molar-refractivity contribution is -0.109. The van der Waals surface area contributed by atoms with Crippen LogP contribution in [0.15, 0.2) is 59.3 Å². The second kappa shape index (κ2) is 13.7. The Kier molecular flexibility index (Phi) is 10.3. The van der Waals surface area contributed by atoms with Crippen molar-refractivity contribution < 1.29 is 9.90 Å². The fraction of sp³-hybridized carbons (Fsp3) is 0.308. The summed E-state index contributed by atoms with van der Waals surface area (Å²) in [7, 11) is 0. The van der Waals surface area contributed by atoms with E-state index >= 15 is 0 Å². The molecule has 0 bridgehead atoms. The number of aliphatic hydroxyl groups excluding tert-OH is 1. The summed E-state index contributed by atoms with van der Waals surface area (Å²) >= 11 is 3.63. The molecule has 1 atom stereocenters. The highest BCUT2D eigenvalue weighted by molar-refractivity contribution is 9.10. The van der Waals surface area contributed by atoms with Crippen LogP contribution in [-0.2, 0) is 4.79 Å². The Hall–Kier alpha value is -3.34. The van der Waals surface area contributed by atoms with Crippen LogP contribution in [0.5, 0.6) is 0 Å². The number of nitrogens with zero attached hydrogens (tertiary/aromatic N) is 4. The van der Waals surface area contributed by atoms with Crippen molar-refractivity contribution in [3.05, 3.63) is 65.0 Å². The molecule has 0 aliphatic heterocycles. The van der Waals surface area contributed by atoms with E-state index in [1.807, 2.05) is 48.7 Å². The highest BCUT2D eigenvalue weighted by atomic mass is 79.9. The minimum absolute atomic E-state index is 0.0972. The molecule has 4 aromatic rings. The molecule has 0 spiro atoms. The van der Waals surface area contributed by atoms with Gasteiger partial charge in [0.25, 0.3) is 0 Å². The Morgan fingerprint density at radius 2 is 1.89 bits per heavy atom. The Bertz CT molecular complexity index is 1240. The third-order valence-electron chi connectivity index (χ3n) is 5.67. The van der Waals surface area contributed by atoms with Crippen LogP contribution < -0.4 is 16.8 Å². The van der Waals surface area contributed by atoms with Crippen LogP contribution in [0.1, 0.15) is 37.8 Å². The Labute approximate surface area is 219 Å². The van der Waals surface area contributed by atoms with Crippen molar-refractivity contribution >= 4 is 33.8 Å². The van der Waals surface area contributed by atoms with E-state index in [-0.39, 0.29) is 12.5 Å². The summed E-state index contributed by atoms with van der Waals surface area (Å²) in [6.45, 7) is 3.20. The summed E-state index contributed by atoms with van der Waals surface area (Å²) in [5.74, 6) is 0.671. The number of aromatic nitrogens is 4. The minimum Gasteiger partial charge on any atom is -0.395 e. The van der Waals surface area contributed by atoms with E-state index in [0.29, 0.717) is 24.6 Å². The first kappa shape index (κ1) is 27.3. The fourth-order valence-electron chi connectivity index (χ4n) is 3.90. The zero-order chi connectivity index (χ0) is 25.9. The van der Waals surface area contributed by atoms with Gasteiger partial charge in [0, 0.05) is 41.9 Å². The molecule has 0 saturated heterocycles. The summed E-state index contributed by atoms with van der Waals surface area (Å²) in [6, 6.07) is 14.1. The van der Waals surface area contributed by atoms with E-state index in [1.165, 1.54) is 0 Å². The average Bonchev–Trinajstić information content (AvgIpc) is 3.35. The highest BCUT2D eigenvalue weighted by Gasteiger charge is 2.22. The van der Waals surface area contributed by atoms with Gasteiger partial charge in [0.1, 0.15) is 5.82 Å². The van der Waals surface area contributed by atoms with Gasteiger partial charge in [-0.25, -0.2) is 4.98 Å². The second-order valence-corrected chi connectivity index (χ2v) is 8.94. The largest absolute Gasteiger partial charge is 0.395 e. The number of carbonyl (C=O) groups excluding carboxylic acids is 1. The normalized spacial score (nSPS) is 11.6. The molecular formula is C26H32BrN7O2. The van der Waals surface area contributed by atoms with E-state index in [0.717, 1.165) is 58.2 Å². The molecule has 10 heteroatoms. The number of carbonyl (C=O) groups is 1. The van der Waals surface area contributed by atoms with Crippen LogP contribution in [0.4, 0.5) is 5.82 Å². The van der Waals surface area contributed by atoms with Crippen LogP contribution in [0.25, 0.3) is 28.0 Å². The van der Waals surface area contributed by atoms with Crippen molar-refractivity contribution in [3.63, 3.8) is 0 Å². The number of nitrogen functional groups attached to an aromatic ring is 1.